The highest BCUT2D eigenvalue weighted by Gasteiger charge is 2.31. The number of halogens is 2. The number of hydrogen-bond donors (Lipinski definition) is 1. The molecule has 3 rings (SSSR count). The number of hydrogen-bond acceptors (Lipinski definition) is 5. The van der Waals surface area contributed by atoms with Crippen LogP contribution in [0.1, 0.15) is 16.1 Å². The SMILES string of the molecule is NC(=O)c1ccc(S(=O)(=O)N2CCN(Cc3c(F)cccc3F)CC2)o1. The molecule has 140 valence electrons. The van der Waals surface area contributed by atoms with E-state index in [2.05, 4.69) is 0 Å². The maximum absolute atomic E-state index is 13.7. The molecule has 1 aromatic heterocycles. The number of nitrogens with two attached hydrogens (primary N) is 1. The molecule has 0 saturated carbocycles. The first-order valence-corrected chi connectivity index (χ1v) is 9.28. The largest absolute Gasteiger partial charge is 0.438 e. The highest BCUT2D eigenvalue weighted by molar-refractivity contribution is 7.89. The number of amides is 1. The van der Waals surface area contributed by atoms with Crippen LogP contribution < -0.4 is 5.73 Å². The Bertz CT molecular complexity index is 901. The molecule has 0 radical (unpaired) electrons. The maximum Gasteiger partial charge on any atom is 0.284 e. The molecule has 0 unspecified atom stereocenters. The molecule has 2 aromatic rings. The summed E-state index contributed by atoms with van der Waals surface area (Å²) in [6.45, 7) is 0.918. The summed E-state index contributed by atoms with van der Waals surface area (Å²) < 4.78 is 58.7. The molecule has 2 heterocycles. The summed E-state index contributed by atoms with van der Waals surface area (Å²) >= 11 is 0. The van der Waals surface area contributed by atoms with E-state index in [1.165, 1.54) is 34.6 Å². The predicted octanol–water partition coefficient (Wildman–Crippen LogP) is 1.16. The van der Waals surface area contributed by atoms with E-state index >= 15 is 0 Å². The first-order valence-electron chi connectivity index (χ1n) is 7.84. The molecule has 0 spiro atoms. The second-order valence-electron chi connectivity index (χ2n) is 5.86. The van der Waals surface area contributed by atoms with Gasteiger partial charge < -0.3 is 10.2 Å². The van der Waals surface area contributed by atoms with E-state index in [-0.39, 0.29) is 36.1 Å². The van der Waals surface area contributed by atoms with Crippen LogP contribution in [0.5, 0.6) is 0 Å². The fourth-order valence-electron chi connectivity index (χ4n) is 2.75. The molecule has 0 atom stereocenters. The molecule has 7 nitrogen and oxygen atoms in total. The van der Waals surface area contributed by atoms with Gasteiger partial charge in [0.25, 0.3) is 15.9 Å². The van der Waals surface area contributed by atoms with Crippen molar-refractivity contribution in [1.29, 1.82) is 0 Å². The van der Waals surface area contributed by atoms with E-state index in [0.717, 1.165) is 0 Å². The normalized spacial score (nSPS) is 16.7. The monoisotopic (exact) mass is 385 g/mol. The highest BCUT2D eigenvalue weighted by Crippen LogP contribution is 2.21. The third kappa shape index (κ3) is 3.62. The molecule has 26 heavy (non-hydrogen) atoms. The quantitative estimate of drug-likeness (QED) is 0.833. The van der Waals surface area contributed by atoms with Gasteiger partial charge in [0.15, 0.2) is 5.76 Å². The Morgan fingerprint density at radius 3 is 2.23 bits per heavy atom. The summed E-state index contributed by atoms with van der Waals surface area (Å²) in [5, 5.41) is -0.361. The Morgan fingerprint density at radius 2 is 1.69 bits per heavy atom. The van der Waals surface area contributed by atoms with Gasteiger partial charge in [0.2, 0.25) is 5.09 Å². The molecular formula is C16H17F2N3O4S. The van der Waals surface area contributed by atoms with Gasteiger partial charge in [-0.15, -0.1) is 0 Å². The zero-order chi connectivity index (χ0) is 18.9. The number of rotatable bonds is 5. The minimum absolute atomic E-state index is 0.0408. The average molecular weight is 385 g/mol. The Kier molecular flexibility index (Phi) is 5.08. The molecule has 1 amide bonds. The van der Waals surface area contributed by atoms with Crippen LogP contribution >= 0.6 is 0 Å². The average Bonchev–Trinajstić information content (AvgIpc) is 3.10. The van der Waals surface area contributed by atoms with Gasteiger partial charge >= 0.3 is 0 Å². The van der Waals surface area contributed by atoms with E-state index in [1.54, 1.807) is 4.90 Å². The molecule has 0 aliphatic carbocycles. The van der Waals surface area contributed by atoms with E-state index in [9.17, 15) is 22.0 Å². The van der Waals surface area contributed by atoms with Gasteiger partial charge in [-0.25, -0.2) is 17.2 Å². The lowest BCUT2D eigenvalue weighted by molar-refractivity contribution is 0.0968. The van der Waals surface area contributed by atoms with Gasteiger partial charge in [-0.2, -0.15) is 4.31 Å². The number of furan rings is 1. The molecule has 1 aliphatic heterocycles. The lowest BCUT2D eigenvalue weighted by Crippen LogP contribution is -2.48. The maximum atomic E-state index is 13.7. The lowest BCUT2D eigenvalue weighted by Gasteiger charge is -2.33. The van der Waals surface area contributed by atoms with Crippen molar-refractivity contribution >= 4 is 15.9 Å². The third-order valence-corrected chi connectivity index (χ3v) is 5.97. The first kappa shape index (κ1) is 18.5. The Balaban J connectivity index is 1.67. The summed E-state index contributed by atoms with van der Waals surface area (Å²) in [4.78, 5) is 12.8. The summed E-state index contributed by atoms with van der Waals surface area (Å²) in [6.07, 6.45) is 0. The molecule has 0 bridgehead atoms. The Morgan fingerprint density at radius 1 is 1.08 bits per heavy atom. The van der Waals surface area contributed by atoms with Crippen LogP contribution in [0.4, 0.5) is 8.78 Å². The fourth-order valence-corrected chi connectivity index (χ4v) is 4.09. The third-order valence-electron chi connectivity index (χ3n) is 4.19. The number of sulfonamides is 1. The number of benzene rings is 1. The van der Waals surface area contributed by atoms with Crippen LogP contribution in [0, 0.1) is 11.6 Å². The van der Waals surface area contributed by atoms with Gasteiger partial charge in [-0.05, 0) is 24.3 Å². The lowest BCUT2D eigenvalue weighted by atomic mass is 10.1. The molecule has 1 aromatic carbocycles. The van der Waals surface area contributed by atoms with Crippen molar-refractivity contribution in [3.05, 3.63) is 53.3 Å². The summed E-state index contributed by atoms with van der Waals surface area (Å²) in [7, 11) is -3.90. The van der Waals surface area contributed by atoms with Crippen molar-refractivity contribution in [3.8, 4) is 0 Å². The highest BCUT2D eigenvalue weighted by atomic mass is 32.2. The Hall–Kier alpha value is -2.30. The van der Waals surface area contributed by atoms with Crippen molar-refractivity contribution in [1.82, 2.24) is 9.21 Å². The smallest absolute Gasteiger partial charge is 0.284 e. The zero-order valence-electron chi connectivity index (χ0n) is 13.7. The van der Waals surface area contributed by atoms with Crippen molar-refractivity contribution in [2.75, 3.05) is 26.2 Å². The fraction of sp³-hybridized carbons (Fsp3) is 0.312. The summed E-state index contributed by atoms with van der Waals surface area (Å²) in [6, 6.07) is 6.05. The summed E-state index contributed by atoms with van der Waals surface area (Å²) in [5.41, 5.74) is 5.01. The van der Waals surface area contributed by atoms with Gasteiger partial charge in [0.05, 0.1) is 0 Å². The standard InChI is InChI=1S/C16H17F2N3O4S/c17-12-2-1-3-13(18)11(12)10-20-6-8-21(9-7-20)26(23,24)15-5-4-14(25-15)16(19)22/h1-5H,6-10H2,(H2,19,22). The molecule has 1 aliphatic rings. The van der Waals surface area contributed by atoms with Gasteiger partial charge in [-0.1, -0.05) is 6.07 Å². The molecular weight excluding hydrogens is 368 g/mol. The van der Waals surface area contributed by atoms with Gasteiger partial charge in [0, 0.05) is 38.3 Å². The van der Waals surface area contributed by atoms with Crippen LogP contribution in [0.2, 0.25) is 0 Å². The second-order valence-corrected chi connectivity index (χ2v) is 7.73. The minimum Gasteiger partial charge on any atom is -0.438 e. The molecule has 1 fully saturated rings. The van der Waals surface area contributed by atoms with Gasteiger partial charge in [-0.3, -0.25) is 9.69 Å². The van der Waals surface area contributed by atoms with E-state index in [0.29, 0.717) is 13.1 Å². The van der Waals surface area contributed by atoms with Crippen molar-refractivity contribution in [2.45, 2.75) is 11.6 Å². The van der Waals surface area contributed by atoms with Crippen LogP contribution in [-0.4, -0.2) is 49.7 Å². The molecule has 2 N–H and O–H groups in total. The molecule has 10 heteroatoms. The van der Waals surface area contributed by atoms with Crippen molar-refractivity contribution in [3.63, 3.8) is 0 Å². The van der Waals surface area contributed by atoms with E-state index < -0.39 is 27.6 Å². The first-order chi connectivity index (χ1) is 12.3. The predicted molar refractivity (Wildman–Crippen MR) is 87.6 cm³/mol. The molecule has 1 saturated heterocycles. The van der Waals surface area contributed by atoms with Gasteiger partial charge in [0.1, 0.15) is 11.6 Å². The van der Waals surface area contributed by atoms with Crippen molar-refractivity contribution < 1.29 is 26.4 Å². The van der Waals surface area contributed by atoms with E-state index in [1.807, 2.05) is 0 Å². The number of primary amides is 1. The number of nitrogens with zero attached hydrogens (tertiary/aromatic N) is 2. The zero-order valence-corrected chi connectivity index (χ0v) is 14.5. The number of carbonyl (C=O) groups is 1. The Labute approximate surface area is 149 Å². The van der Waals surface area contributed by atoms with Crippen LogP contribution in [0.15, 0.2) is 39.8 Å². The van der Waals surface area contributed by atoms with Crippen molar-refractivity contribution in [2.24, 2.45) is 5.73 Å². The minimum atomic E-state index is -3.90. The van der Waals surface area contributed by atoms with E-state index in [4.69, 9.17) is 10.2 Å². The number of carbonyl (C=O) groups excluding carboxylic acids is 1. The van der Waals surface area contributed by atoms with Crippen LogP contribution in [0.25, 0.3) is 0 Å². The summed E-state index contributed by atoms with van der Waals surface area (Å²) in [5.74, 6) is -2.36. The van der Waals surface area contributed by atoms with Crippen LogP contribution in [-0.2, 0) is 16.6 Å². The topological polar surface area (TPSA) is 96.8 Å². The second kappa shape index (κ2) is 7.14. The number of piperazine rings is 1. The van der Waals surface area contributed by atoms with Crippen LogP contribution in [0.3, 0.4) is 0 Å².